The fraction of sp³-hybridized carbons (Fsp3) is 0.167. The number of nitrogens with zero attached hydrogens (tertiary/aromatic N) is 5. The Balaban J connectivity index is 1.40. The monoisotopic (exact) mass is 456 g/mol. The fourth-order valence-electron chi connectivity index (χ4n) is 3.21. The first-order valence-corrected chi connectivity index (χ1v) is 10.6. The second kappa shape index (κ2) is 9.90. The molecule has 0 atom stereocenters. The van der Waals surface area contributed by atoms with Crippen LogP contribution in [0.15, 0.2) is 65.8 Å². The van der Waals surface area contributed by atoms with Crippen LogP contribution in [0.5, 0.6) is 0 Å². The van der Waals surface area contributed by atoms with Crippen LogP contribution in [-0.2, 0) is 11.3 Å². The molecule has 0 aliphatic carbocycles. The molecule has 0 radical (unpaired) electrons. The largest absolute Gasteiger partial charge is 0.340 e. The molecule has 172 valence electrons. The van der Waals surface area contributed by atoms with Gasteiger partial charge < -0.3 is 16.0 Å². The normalized spacial score (nSPS) is 10.6. The van der Waals surface area contributed by atoms with Gasteiger partial charge in [0, 0.05) is 35.4 Å². The van der Waals surface area contributed by atoms with Crippen LogP contribution in [0.4, 0.5) is 28.8 Å². The maximum Gasteiger partial charge on any atom is 0.253 e. The van der Waals surface area contributed by atoms with Crippen molar-refractivity contribution in [3.63, 3.8) is 0 Å². The fourth-order valence-corrected chi connectivity index (χ4v) is 3.21. The number of hydrogen-bond acceptors (Lipinski definition) is 8. The Bertz CT molecular complexity index is 1380. The first-order valence-electron chi connectivity index (χ1n) is 10.6. The van der Waals surface area contributed by atoms with Gasteiger partial charge in [0.2, 0.25) is 5.91 Å². The molecule has 3 heterocycles. The van der Waals surface area contributed by atoms with Crippen molar-refractivity contribution in [2.75, 3.05) is 16.0 Å². The minimum absolute atomic E-state index is 0.113. The third-order valence-corrected chi connectivity index (χ3v) is 4.78. The summed E-state index contributed by atoms with van der Waals surface area (Å²) in [5, 5.41) is 9.21. The van der Waals surface area contributed by atoms with Crippen molar-refractivity contribution in [3.8, 4) is 0 Å². The molecular weight excluding hydrogens is 432 g/mol. The van der Waals surface area contributed by atoms with Gasteiger partial charge in [-0.1, -0.05) is 0 Å². The predicted octanol–water partition coefficient (Wildman–Crippen LogP) is 3.48. The molecule has 3 aromatic heterocycles. The lowest BCUT2D eigenvalue weighted by Gasteiger charge is -2.11. The van der Waals surface area contributed by atoms with E-state index in [1.807, 2.05) is 38.1 Å². The molecule has 34 heavy (non-hydrogen) atoms. The molecule has 0 fully saturated rings. The Morgan fingerprint density at radius 1 is 0.853 bits per heavy atom. The van der Waals surface area contributed by atoms with E-state index in [1.165, 1.54) is 17.0 Å². The number of benzene rings is 1. The Labute approximate surface area is 196 Å². The Kier molecular flexibility index (Phi) is 6.58. The lowest BCUT2D eigenvalue weighted by Crippen LogP contribution is -2.27. The zero-order chi connectivity index (χ0) is 24.1. The Hall–Kier alpha value is -4.60. The first kappa shape index (κ1) is 22.6. The number of anilines is 5. The maximum absolute atomic E-state index is 12.3. The van der Waals surface area contributed by atoms with Crippen LogP contribution in [0.2, 0.25) is 0 Å². The summed E-state index contributed by atoms with van der Waals surface area (Å²) >= 11 is 0. The molecule has 4 aromatic rings. The van der Waals surface area contributed by atoms with Gasteiger partial charge in [0.15, 0.2) is 0 Å². The van der Waals surface area contributed by atoms with Gasteiger partial charge in [0.1, 0.15) is 29.8 Å². The number of carbonyl (C=O) groups is 1. The number of rotatable bonds is 7. The van der Waals surface area contributed by atoms with E-state index in [0.717, 1.165) is 11.3 Å². The van der Waals surface area contributed by atoms with Crippen molar-refractivity contribution < 1.29 is 4.79 Å². The Morgan fingerprint density at radius 2 is 1.56 bits per heavy atom. The van der Waals surface area contributed by atoms with E-state index in [4.69, 9.17) is 0 Å². The van der Waals surface area contributed by atoms with E-state index >= 15 is 0 Å². The number of hydrogen-bond donors (Lipinski definition) is 3. The van der Waals surface area contributed by atoms with Crippen LogP contribution >= 0.6 is 0 Å². The van der Waals surface area contributed by atoms with Gasteiger partial charge in [0.25, 0.3) is 5.56 Å². The second-order valence-electron chi connectivity index (χ2n) is 7.78. The first-order chi connectivity index (χ1) is 16.3. The smallest absolute Gasteiger partial charge is 0.253 e. The van der Waals surface area contributed by atoms with Crippen molar-refractivity contribution >= 4 is 34.7 Å². The molecule has 0 aliphatic rings. The standard InChI is InChI=1S/C24H24N8O2/c1-15-8-9-25-20(10-15)31-22-12-21(27-17(3)28-22)29-18-4-6-19(7-5-18)30-23(33)13-32-14-26-16(2)11-24(32)34/h4-12,14H,13H2,1-3H3,(H,30,33)(H2,25,27,28,29,31). The number of amides is 1. The molecule has 1 aromatic carbocycles. The molecule has 3 N–H and O–H groups in total. The van der Waals surface area contributed by atoms with Crippen molar-refractivity contribution in [3.05, 3.63) is 88.5 Å². The van der Waals surface area contributed by atoms with Crippen molar-refractivity contribution in [2.45, 2.75) is 27.3 Å². The van der Waals surface area contributed by atoms with E-state index in [-0.39, 0.29) is 18.0 Å². The molecule has 0 saturated carbocycles. The second-order valence-corrected chi connectivity index (χ2v) is 7.78. The summed E-state index contributed by atoms with van der Waals surface area (Å²) in [5.74, 6) is 2.22. The van der Waals surface area contributed by atoms with Crippen molar-refractivity contribution in [2.24, 2.45) is 0 Å². The third kappa shape index (κ3) is 6.00. The summed E-state index contributed by atoms with van der Waals surface area (Å²) in [5.41, 5.74) is 2.83. The number of nitrogens with one attached hydrogen (secondary N) is 3. The summed E-state index contributed by atoms with van der Waals surface area (Å²) < 4.78 is 1.26. The molecule has 0 bridgehead atoms. The molecular formula is C24H24N8O2. The van der Waals surface area contributed by atoms with Crippen LogP contribution in [0.3, 0.4) is 0 Å². The zero-order valence-electron chi connectivity index (χ0n) is 19.0. The van der Waals surface area contributed by atoms with Crippen LogP contribution < -0.4 is 21.5 Å². The van der Waals surface area contributed by atoms with Crippen LogP contribution in [-0.4, -0.2) is 30.4 Å². The van der Waals surface area contributed by atoms with Gasteiger partial charge in [-0.2, -0.15) is 0 Å². The van der Waals surface area contributed by atoms with Crippen molar-refractivity contribution in [1.82, 2.24) is 24.5 Å². The number of pyridine rings is 1. The minimum Gasteiger partial charge on any atom is -0.340 e. The molecule has 0 aliphatic heterocycles. The van der Waals surface area contributed by atoms with E-state index in [9.17, 15) is 9.59 Å². The number of aromatic nitrogens is 5. The van der Waals surface area contributed by atoms with Gasteiger partial charge >= 0.3 is 0 Å². The van der Waals surface area contributed by atoms with Crippen molar-refractivity contribution in [1.29, 1.82) is 0 Å². The van der Waals surface area contributed by atoms with Gasteiger partial charge in [-0.15, -0.1) is 0 Å². The summed E-state index contributed by atoms with van der Waals surface area (Å²) in [6.07, 6.45) is 3.10. The average Bonchev–Trinajstić information content (AvgIpc) is 2.77. The quantitative estimate of drug-likeness (QED) is 0.386. The minimum atomic E-state index is -0.319. The highest BCUT2D eigenvalue weighted by atomic mass is 16.2. The molecule has 0 unspecified atom stereocenters. The van der Waals surface area contributed by atoms with Gasteiger partial charge in [-0.05, 0) is 62.7 Å². The highest BCUT2D eigenvalue weighted by Gasteiger charge is 2.07. The molecule has 1 amide bonds. The summed E-state index contributed by atoms with van der Waals surface area (Å²) in [7, 11) is 0. The lowest BCUT2D eigenvalue weighted by atomic mass is 10.2. The molecule has 0 spiro atoms. The maximum atomic E-state index is 12.3. The summed E-state index contributed by atoms with van der Waals surface area (Å²) in [6.45, 7) is 5.42. The SMILES string of the molecule is Cc1ccnc(Nc2cc(Nc3ccc(NC(=O)Cn4cnc(C)cc4=O)cc3)nc(C)n2)c1. The van der Waals surface area contributed by atoms with Gasteiger partial charge in [-0.25, -0.2) is 19.9 Å². The zero-order valence-corrected chi connectivity index (χ0v) is 19.0. The topological polar surface area (TPSA) is 127 Å². The predicted molar refractivity (Wildman–Crippen MR) is 131 cm³/mol. The average molecular weight is 457 g/mol. The van der Waals surface area contributed by atoms with E-state index in [2.05, 4.69) is 35.9 Å². The number of carbonyl (C=O) groups excluding carboxylic acids is 1. The highest BCUT2D eigenvalue weighted by Crippen LogP contribution is 2.21. The molecule has 10 nitrogen and oxygen atoms in total. The molecule has 10 heteroatoms. The van der Waals surface area contributed by atoms with Crippen LogP contribution in [0.25, 0.3) is 0 Å². The van der Waals surface area contributed by atoms with Crippen LogP contribution in [0, 0.1) is 20.8 Å². The third-order valence-electron chi connectivity index (χ3n) is 4.78. The van der Waals surface area contributed by atoms with Crippen LogP contribution in [0.1, 0.15) is 17.1 Å². The molecule has 4 rings (SSSR count). The van der Waals surface area contributed by atoms with E-state index in [1.54, 1.807) is 31.3 Å². The summed E-state index contributed by atoms with van der Waals surface area (Å²) in [6, 6.07) is 14.2. The van der Waals surface area contributed by atoms with Gasteiger partial charge in [-0.3, -0.25) is 14.2 Å². The molecule has 0 saturated heterocycles. The number of aryl methyl sites for hydroxylation is 3. The lowest BCUT2D eigenvalue weighted by molar-refractivity contribution is -0.116. The van der Waals surface area contributed by atoms with Gasteiger partial charge in [0.05, 0.1) is 6.33 Å². The highest BCUT2D eigenvalue weighted by molar-refractivity contribution is 5.90. The summed E-state index contributed by atoms with van der Waals surface area (Å²) in [4.78, 5) is 41.4. The van der Waals surface area contributed by atoms with E-state index < -0.39 is 0 Å². The Morgan fingerprint density at radius 3 is 2.26 bits per heavy atom. The van der Waals surface area contributed by atoms with E-state index in [0.29, 0.717) is 34.7 Å².